The molecule has 0 nitrogen and oxygen atoms in total. The average molecular weight is 719 g/mol. The first kappa shape index (κ1) is 30.2. The van der Waals surface area contributed by atoms with Crippen LogP contribution in [0.4, 0.5) is 0 Å². The normalized spacial score (nSPS) is 12.1. The third-order valence-electron chi connectivity index (χ3n) is 11.4. The molecule has 12 rings (SSSR count). The molecule has 2 aromatic heterocycles. The van der Waals surface area contributed by atoms with E-state index in [-0.39, 0.29) is 0 Å². The summed E-state index contributed by atoms with van der Waals surface area (Å²) >= 11 is 3.77. The van der Waals surface area contributed by atoms with E-state index in [2.05, 4.69) is 182 Å². The van der Waals surface area contributed by atoms with Crippen molar-refractivity contribution in [2.75, 3.05) is 0 Å². The van der Waals surface area contributed by atoms with E-state index in [0.717, 1.165) is 0 Å². The second-order valence-corrected chi connectivity index (χ2v) is 16.5. The Morgan fingerprint density at radius 3 is 0.796 bits per heavy atom. The van der Waals surface area contributed by atoms with Gasteiger partial charge in [0.2, 0.25) is 0 Å². The van der Waals surface area contributed by atoms with Crippen molar-refractivity contribution < 1.29 is 0 Å². The first-order valence-corrected chi connectivity index (χ1v) is 20.1. The summed E-state index contributed by atoms with van der Waals surface area (Å²) in [6.07, 6.45) is 0. The smallest absolute Gasteiger partial charge is 0.0361 e. The fourth-order valence-corrected chi connectivity index (χ4v) is 11.5. The predicted molar refractivity (Wildman–Crippen MR) is 239 cm³/mol. The first-order valence-electron chi connectivity index (χ1n) is 18.5. The lowest BCUT2D eigenvalue weighted by molar-refractivity contribution is 1.69. The molecule has 0 aliphatic carbocycles. The number of rotatable bonds is 3. The Bertz CT molecular complexity index is 3160. The molecule has 0 bridgehead atoms. The Morgan fingerprint density at radius 2 is 0.463 bits per heavy atom. The molecule has 0 fully saturated rings. The van der Waals surface area contributed by atoms with Crippen molar-refractivity contribution in [3.05, 3.63) is 182 Å². The number of thiophene rings is 2. The summed E-state index contributed by atoms with van der Waals surface area (Å²) in [6.45, 7) is 0. The summed E-state index contributed by atoms with van der Waals surface area (Å²) in [6, 6.07) is 68.0. The van der Waals surface area contributed by atoms with E-state index in [1.807, 2.05) is 22.7 Å². The van der Waals surface area contributed by atoms with Crippen LogP contribution in [0.2, 0.25) is 0 Å². The molecule has 0 spiro atoms. The van der Waals surface area contributed by atoms with Gasteiger partial charge in [0, 0.05) is 40.3 Å². The van der Waals surface area contributed by atoms with Crippen LogP contribution in [0.15, 0.2) is 182 Å². The van der Waals surface area contributed by atoms with E-state index in [4.69, 9.17) is 0 Å². The van der Waals surface area contributed by atoms with Gasteiger partial charge in [-0.25, -0.2) is 0 Å². The van der Waals surface area contributed by atoms with Gasteiger partial charge in [0.15, 0.2) is 0 Å². The molecule has 0 aliphatic rings. The quantitative estimate of drug-likeness (QED) is 0.160. The van der Waals surface area contributed by atoms with Crippen molar-refractivity contribution in [1.29, 1.82) is 0 Å². The highest BCUT2D eigenvalue weighted by molar-refractivity contribution is 7.26. The van der Waals surface area contributed by atoms with Gasteiger partial charge in [0.25, 0.3) is 0 Å². The molecule has 0 saturated carbocycles. The Balaban J connectivity index is 1.18. The molecule has 0 amide bonds. The summed E-state index contributed by atoms with van der Waals surface area (Å²) in [5.41, 5.74) is 7.71. The lowest BCUT2D eigenvalue weighted by Gasteiger charge is -2.22. The molecule has 2 heteroatoms. The van der Waals surface area contributed by atoms with Crippen molar-refractivity contribution >= 4 is 106 Å². The van der Waals surface area contributed by atoms with Gasteiger partial charge in [-0.3, -0.25) is 0 Å². The molecular weight excluding hydrogens is 689 g/mol. The monoisotopic (exact) mass is 718 g/mol. The minimum Gasteiger partial charge on any atom is -0.135 e. The van der Waals surface area contributed by atoms with Crippen molar-refractivity contribution in [1.82, 2.24) is 0 Å². The van der Waals surface area contributed by atoms with Gasteiger partial charge in [-0.05, 0) is 101 Å². The number of hydrogen-bond acceptors (Lipinski definition) is 2. The maximum Gasteiger partial charge on any atom is 0.0361 e. The van der Waals surface area contributed by atoms with E-state index < -0.39 is 0 Å². The van der Waals surface area contributed by atoms with Crippen LogP contribution in [0, 0.1) is 0 Å². The minimum atomic E-state index is 1.26. The molecule has 0 radical (unpaired) electrons. The third-order valence-corrected chi connectivity index (χ3v) is 13.7. The largest absolute Gasteiger partial charge is 0.135 e. The van der Waals surface area contributed by atoms with Crippen LogP contribution in [0.3, 0.4) is 0 Å². The molecule has 0 saturated heterocycles. The summed E-state index contributed by atoms with van der Waals surface area (Å²) in [5, 5.41) is 15.5. The lowest BCUT2D eigenvalue weighted by Crippen LogP contribution is -1.94. The number of hydrogen-bond donors (Lipinski definition) is 0. The van der Waals surface area contributed by atoms with Crippen LogP contribution in [-0.2, 0) is 0 Å². The zero-order chi connectivity index (χ0) is 35.3. The first-order chi connectivity index (χ1) is 26.8. The Labute approximate surface area is 319 Å². The molecule has 0 unspecified atom stereocenters. The standard InChI is InChI=1S/C52H30S2/c1-5-19-41-37(15-1)49(31-25-27-35-33-13-9-11-23-45(33)53-47(35)29-31)38-16-2-6-20-42(38)51(41)52-43-21-7-3-17-39(43)50(40-18-4-8-22-44(40)52)32-26-28-36-34-14-10-12-24-46(34)54-48(36)30-32/h1-30H. The molecule has 250 valence electrons. The molecule has 0 aliphatic heterocycles. The van der Waals surface area contributed by atoms with Crippen LogP contribution < -0.4 is 0 Å². The highest BCUT2D eigenvalue weighted by Gasteiger charge is 2.23. The number of benzene rings is 10. The van der Waals surface area contributed by atoms with Gasteiger partial charge < -0.3 is 0 Å². The van der Waals surface area contributed by atoms with E-state index in [0.29, 0.717) is 0 Å². The summed E-state index contributed by atoms with van der Waals surface area (Å²) in [7, 11) is 0. The van der Waals surface area contributed by atoms with Crippen LogP contribution in [0.1, 0.15) is 0 Å². The Kier molecular flexibility index (Phi) is 6.48. The molecular formula is C52H30S2. The van der Waals surface area contributed by atoms with E-state index in [9.17, 15) is 0 Å². The Morgan fingerprint density at radius 1 is 0.204 bits per heavy atom. The SMILES string of the molecule is c1ccc2c(c1)sc1cc(-c3c4ccccc4c(-c4c5ccccc5c(-c5ccc6c(c5)sc5ccccc56)c5ccccc45)c4ccccc34)ccc12. The zero-order valence-electron chi connectivity index (χ0n) is 29.1. The Hall–Kier alpha value is -6.32. The summed E-state index contributed by atoms with van der Waals surface area (Å²) in [4.78, 5) is 0. The molecule has 54 heavy (non-hydrogen) atoms. The van der Waals surface area contributed by atoms with Gasteiger partial charge in [-0.1, -0.05) is 158 Å². The van der Waals surface area contributed by atoms with Crippen molar-refractivity contribution in [2.24, 2.45) is 0 Å². The maximum absolute atomic E-state index is 2.42. The fraction of sp³-hybridized carbons (Fsp3) is 0. The molecule has 0 N–H and O–H groups in total. The molecule has 10 aromatic carbocycles. The molecule has 12 aromatic rings. The van der Waals surface area contributed by atoms with Gasteiger partial charge in [-0.2, -0.15) is 0 Å². The van der Waals surface area contributed by atoms with Crippen molar-refractivity contribution in [3.8, 4) is 33.4 Å². The predicted octanol–water partition coefficient (Wildman–Crippen LogP) is 16.0. The lowest BCUT2D eigenvalue weighted by atomic mass is 9.81. The van der Waals surface area contributed by atoms with Gasteiger partial charge >= 0.3 is 0 Å². The maximum atomic E-state index is 2.42. The van der Waals surface area contributed by atoms with E-state index in [1.54, 1.807) is 0 Å². The van der Waals surface area contributed by atoms with Crippen molar-refractivity contribution in [2.45, 2.75) is 0 Å². The number of fused-ring (bicyclic) bond motifs is 10. The van der Waals surface area contributed by atoms with Gasteiger partial charge in [0.1, 0.15) is 0 Å². The highest BCUT2D eigenvalue weighted by atomic mass is 32.1. The molecule has 2 heterocycles. The minimum absolute atomic E-state index is 1.26. The van der Waals surface area contributed by atoms with Crippen LogP contribution in [0.5, 0.6) is 0 Å². The van der Waals surface area contributed by atoms with Gasteiger partial charge in [0.05, 0.1) is 0 Å². The average Bonchev–Trinajstić information content (AvgIpc) is 3.79. The van der Waals surface area contributed by atoms with Gasteiger partial charge in [-0.15, -0.1) is 22.7 Å². The van der Waals surface area contributed by atoms with E-state index >= 15 is 0 Å². The fourth-order valence-electron chi connectivity index (χ4n) is 9.18. The molecule has 0 atom stereocenters. The van der Waals surface area contributed by atoms with Crippen LogP contribution in [-0.4, -0.2) is 0 Å². The second-order valence-electron chi connectivity index (χ2n) is 14.3. The van der Waals surface area contributed by atoms with Crippen LogP contribution >= 0.6 is 22.7 Å². The highest BCUT2D eigenvalue weighted by Crippen LogP contribution is 2.51. The van der Waals surface area contributed by atoms with Crippen LogP contribution in [0.25, 0.3) is 117 Å². The second kappa shape index (κ2) is 11.6. The topological polar surface area (TPSA) is 0 Å². The summed E-state index contributed by atoms with van der Waals surface area (Å²) in [5.74, 6) is 0. The third kappa shape index (κ3) is 4.30. The van der Waals surface area contributed by atoms with E-state index in [1.165, 1.54) is 117 Å². The zero-order valence-corrected chi connectivity index (χ0v) is 30.8. The van der Waals surface area contributed by atoms with Crippen molar-refractivity contribution in [3.63, 3.8) is 0 Å². The summed E-state index contributed by atoms with van der Waals surface area (Å²) < 4.78 is 5.32.